The fourth-order valence-electron chi connectivity index (χ4n) is 1.27. The zero-order valence-electron chi connectivity index (χ0n) is 9.51. The number of carboxylic acid groups (broad SMARTS) is 1. The molecule has 1 heterocycles. The van der Waals surface area contributed by atoms with E-state index in [-0.39, 0.29) is 0 Å². The minimum atomic E-state index is -0.946. The Morgan fingerprint density at radius 2 is 2.25 bits per heavy atom. The second-order valence-corrected chi connectivity index (χ2v) is 4.24. The van der Waals surface area contributed by atoms with Gasteiger partial charge >= 0.3 is 5.97 Å². The van der Waals surface area contributed by atoms with Crippen LogP contribution in [0.3, 0.4) is 0 Å². The molecule has 0 saturated carbocycles. The van der Waals surface area contributed by atoms with Crippen LogP contribution in [0.1, 0.15) is 24.5 Å². The molecule has 4 nitrogen and oxygen atoms in total. The van der Waals surface area contributed by atoms with E-state index in [0.29, 0.717) is 0 Å². The van der Waals surface area contributed by atoms with E-state index in [4.69, 9.17) is 5.11 Å². The van der Waals surface area contributed by atoms with Crippen molar-refractivity contribution in [1.29, 1.82) is 0 Å². The maximum Gasteiger partial charge on any atom is 0.328 e. The first-order chi connectivity index (χ1) is 7.65. The highest BCUT2D eigenvalue weighted by Crippen LogP contribution is 2.13. The summed E-state index contributed by atoms with van der Waals surface area (Å²) in [4.78, 5) is 16.9. The quantitative estimate of drug-likeness (QED) is 0.773. The van der Waals surface area contributed by atoms with Crippen LogP contribution in [0.5, 0.6) is 0 Å². The van der Waals surface area contributed by atoms with E-state index < -0.39 is 5.97 Å². The molecule has 5 heteroatoms. The molecule has 1 N–H and O–H groups in total. The summed E-state index contributed by atoms with van der Waals surface area (Å²) in [7, 11) is 0. The smallest absolute Gasteiger partial charge is 0.328 e. The van der Waals surface area contributed by atoms with E-state index in [2.05, 4.69) is 23.7 Å². The topological polar surface area (TPSA) is 53.4 Å². The van der Waals surface area contributed by atoms with Crippen molar-refractivity contribution in [2.24, 2.45) is 0 Å². The summed E-state index contributed by atoms with van der Waals surface area (Å²) in [6.45, 7) is 7.05. The predicted molar refractivity (Wildman–Crippen MR) is 65.4 cm³/mol. The number of carbonyl (C=O) groups is 1. The Kier molecular flexibility index (Phi) is 5.14. The molecule has 0 bridgehead atoms. The summed E-state index contributed by atoms with van der Waals surface area (Å²) in [5, 5.41) is 11.4. The molecule has 0 saturated heterocycles. The van der Waals surface area contributed by atoms with Crippen LogP contribution in [-0.4, -0.2) is 34.0 Å². The van der Waals surface area contributed by atoms with Crippen LogP contribution in [0.2, 0.25) is 0 Å². The molecule has 0 atom stereocenters. The van der Waals surface area contributed by atoms with E-state index >= 15 is 0 Å². The molecule has 1 rings (SSSR count). The standard InChI is InChI=1S/C11H16N2O2S/c1-3-13(4-2)7-10-12-9(8-16-10)5-6-11(14)15/h5-6,8H,3-4,7H2,1-2H3,(H,14,15)/b6-5+. The number of aromatic nitrogens is 1. The molecule has 88 valence electrons. The van der Waals surface area contributed by atoms with Crippen molar-refractivity contribution in [3.63, 3.8) is 0 Å². The molecule has 0 unspecified atom stereocenters. The second kappa shape index (κ2) is 6.40. The van der Waals surface area contributed by atoms with Gasteiger partial charge < -0.3 is 5.11 Å². The Morgan fingerprint density at radius 3 is 2.81 bits per heavy atom. The number of hydrogen-bond acceptors (Lipinski definition) is 4. The monoisotopic (exact) mass is 240 g/mol. The molecule has 0 fully saturated rings. The Labute approximate surface area is 99.2 Å². The maximum atomic E-state index is 10.3. The molecule has 0 amide bonds. The van der Waals surface area contributed by atoms with Gasteiger partial charge in [0.05, 0.1) is 12.2 Å². The molecule has 1 aromatic rings. The van der Waals surface area contributed by atoms with Gasteiger partial charge in [0.1, 0.15) is 5.01 Å². The highest BCUT2D eigenvalue weighted by atomic mass is 32.1. The van der Waals surface area contributed by atoms with Gasteiger partial charge in [0.2, 0.25) is 0 Å². The number of rotatable bonds is 6. The van der Waals surface area contributed by atoms with Crippen LogP contribution >= 0.6 is 11.3 Å². The second-order valence-electron chi connectivity index (χ2n) is 3.30. The molecule has 16 heavy (non-hydrogen) atoms. The van der Waals surface area contributed by atoms with Crippen molar-refractivity contribution >= 4 is 23.4 Å². The largest absolute Gasteiger partial charge is 0.478 e. The minimum Gasteiger partial charge on any atom is -0.478 e. The lowest BCUT2D eigenvalue weighted by Gasteiger charge is -2.15. The Balaban J connectivity index is 2.60. The van der Waals surface area contributed by atoms with Crippen molar-refractivity contribution in [3.8, 4) is 0 Å². The lowest BCUT2D eigenvalue weighted by molar-refractivity contribution is -0.131. The van der Waals surface area contributed by atoms with E-state index in [0.717, 1.165) is 36.4 Å². The number of carboxylic acids is 1. The van der Waals surface area contributed by atoms with Crippen molar-refractivity contribution in [2.45, 2.75) is 20.4 Å². The van der Waals surface area contributed by atoms with Crippen LogP contribution < -0.4 is 0 Å². The highest BCUT2D eigenvalue weighted by Gasteiger charge is 2.04. The summed E-state index contributed by atoms with van der Waals surface area (Å²) in [5.41, 5.74) is 0.717. The summed E-state index contributed by atoms with van der Waals surface area (Å²) < 4.78 is 0. The van der Waals surface area contributed by atoms with Crippen molar-refractivity contribution in [2.75, 3.05) is 13.1 Å². The van der Waals surface area contributed by atoms with Gasteiger partial charge in [0.15, 0.2) is 0 Å². The molecule has 0 aliphatic carbocycles. The first-order valence-corrected chi connectivity index (χ1v) is 6.11. The highest BCUT2D eigenvalue weighted by molar-refractivity contribution is 7.09. The minimum absolute atomic E-state index is 0.717. The van der Waals surface area contributed by atoms with Crippen LogP contribution in [0, 0.1) is 0 Å². The van der Waals surface area contributed by atoms with Gasteiger partial charge in [-0.05, 0) is 19.2 Å². The molecular formula is C11H16N2O2S. The zero-order chi connectivity index (χ0) is 12.0. The van der Waals surface area contributed by atoms with E-state index in [9.17, 15) is 4.79 Å². The molecule has 1 aromatic heterocycles. The van der Waals surface area contributed by atoms with Gasteiger partial charge in [-0.2, -0.15) is 0 Å². The van der Waals surface area contributed by atoms with Crippen molar-refractivity contribution < 1.29 is 9.90 Å². The summed E-state index contributed by atoms with van der Waals surface area (Å²) in [5.74, 6) is -0.946. The molecule has 0 aliphatic rings. The average molecular weight is 240 g/mol. The fourth-order valence-corrected chi connectivity index (χ4v) is 2.07. The first kappa shape index (κ1) is 12.9. The van der Waals surface area contributed by atoms with Gasteiger partial charge in [0, 0.05) is 11.5 Å². The van der Waals surface area contributed by atoms with Gasteiger partial charge in [-0.15, -0.1) is 11.3 Å². The molecular weight excluding hydrogens is 224 g/mol. The first-order valence-electron chi connectivity index (χ1n) is 5.23. The van der Waals surface area contributed by atoms with Crippen LogP contribution in [0.25, 0.3) is 6.08 Å². The lowest BCUT2D eigenvalue weighted by Crippen LogP contribution is -2.21. The summed E-state index contributed by atoms with van der Waals surface area (Å²) >= 11 is 1.56. The fraction of sp³-hybridized carbons (Fsp3) is 0.455. The van der Waals surface area contributed by atoms with E-state index in [1.165, 1.54) is 6.08 Å². The predicted octanol–water partition coefficient (Wildman–Crippen LogP) is 2.08. The average Bonchev–Trinajstić information content (AvgIpc) is 2.70. The van der Waals surface area contributed by atoms with Crippen LogP contribution in [-0.2, 0) is 11.3 Å². The molecule has 0 aromatic carbocycles. The number of nitrogens with zero attached hydrogens (tertiary/aromatic N) is 2. The van der Waals surface area contributed by atoms with Crippen LogP contribution in [0.4, 0.5) is 0 Å². The number of hydrogen-bond donors (Lipinski definition) is 1. The van der Waals surface area contributed by atoms with Crippen molar-refractivity contribution in [1.82, 2.24) is 9.88 Å². The lowest BCUT2D eigenvalue weighted by atomic mass is 10.4. The van der Waals surface area contributed by atoms with Gasteiger partial charge in [-0.3, -0.25) is 4.90 Å². The number of aliphatic carboxylic acids is 1. The maximum absolute atomic E-state index is 10.3. The molecule has 0 aliphatic heterocycles. The third-order valence-corrected chi connectivity index (χ3v) is 3.07. The molecule has 0 spiro atoms. The number of thiazole rings is 1. The Hall–Kier alpha value is -1.20. The van der Waals surface area contributed by atoms with Crippen LogP contribution in [0.15, 0.2) is 11.5 Å². The normalized spacial score (nSPS) is 11.4. The summed E-state index contributed by atoms with van der Waals surface area (Å²) in [6, 6.07) is 0. The van der Waals surface area contributed by atoms with E-state index in [1.54, 1.807) is 11.3 Å². The zero-order valence-corrected chi connectivity index (χ0v) is 10.3. The van der Waals surface area contributed by atoms with E-state index in [1.807, 2.05) is 5.38 Å². The Bertz CT molecular complexity index is 370. The van der Waals surface area contributed by atoms with Gasteiger partial charge in [-0.25, -0.2) is 9.78 Å². The third-order valence-electron chi connectivity index (χ3n) is 2.22. The Morgan fingerprint density at radius 1 is 1.56 bits per heavy atom. The van der Waals surface area contributed by atoms with Gasteiger partial charge in [-0.1, -0.05) is 13.8 Å². The SMILES string of the molecule is CCN(CC)Cc1nc(/C=C/C(=O)O)cs1. The third kappa shape index (κ3) is 4.12. The molecule has 0 radical (unpaired) electrons. The summed E-state index contributed by atoms with van der Waals surface area (Å²) in [6.07, 6.45) is 2.63. The van der Waals surface area contributed by atoms with Crippen molar-refractivity contribution in [3.05, 3.63) is 22.2 Å². The van der Waals surface area contributed by atoms with Gasteiger partial charge in [0.25, 0.3) is 0 Å².